The molecular formula is C14H24N2O3. The standard InChI is InChI=1S/C14H24N2O3/c1-3-14(7-8-15-10-14)13(18)16-9-5-4-6-11(16)12(17)19-2/h11,15H,3-10H2,1-2H3. The Hall–Kier alpha value is -1.10. The number of hydrogen-bond donors (Lipinski definition) is 1. The van der Waals surface area contributed by atoms with Crippen LogP contribution in [0.1, 0.15) is 39.0 Å². The number of hydrogen-bond acceptors (Lipinski definition) is 4. The summed E-state index contributed by atoms with van der Waals surface area (Å²) in [6.07, 6.45) is 4.38. The molecule has 0 aromatic carbocycles. The normalized spacial score (nSPS) is 31.3. The van der Waals surface area contributed by atoms with Crippen molar-refractivity contribution in [3.05, 3.63) is 0 Å². The first-order valence-electron chi connectivity index (χ1n) is 7.24. The number of carbonyl (C=O) groups excluding carboxylic acids is 2. The number of likely N-dealkylation sites (tertiary alicyclic amines) is 1. The molecule has 1 N–H and O–H groups in total. The Bertz CT molecular complexity index is 351. The molecule has 2 aliphatic heterocycles. The van der Waals surface area contributed by atoms with Gasteiger partial charge in [-0.3, -0.25) is 4.79 Å². The van der Waals surface area contributed by atoms with Gasteiger partial charge in [-0.25, -0.2) is 4.79 Å². The Morgan fingerprint density at radius 3 is 2.79 bits per heavy atom. The number of esters is 1. The average molecular weight is 268 g/mol. The van der Waals surface area contributed by atoms with Crippen LogP contribution >= 0.6 is 0 Å². The number of rotatable bonds is 3. The number of ether oxygens (including phenoxy) is 1. The topological polar surface area (TPSA) is 58.6 Å². The maximum Gasteiger partial charge on any atom is 0.328 e. The zero-order chi connectivity index (χ0) is 13.9. The fraction of sp³-hybridized carbons (Fsp3) is 0.857. The van der Waals surface area contributed by atoms with E-state index in [1.54, 1.807) is 4.90 Å². The largest absolute Gasteiger partial charge is 0.467 e. The van der Waals surface area contributed by atoms with Gasteiger partial charge in [0.05, 0.1) is 12.5 Å². The summed E-state index contributed by atoms with van der Waals surface area (Å²) in [6.45, 7) is 4.35. The Balaban J connectivity index is 2.17. The molecule has 2 rings (SSSR count). The summed E-state index contributed by atoms with van der Waals surface area (Å²) in [5.41, 5.74) is -0.316. The van der Waals surface area contributed by atoms with E-state index in [1.165, 1.54) is 7.11 Å². The van der Waals surface area contributed by atoms with Crippen LogP contribution in [-0.4, -0.2) is 49.6 Å². The first-order chi connectivity index (χ1) is 9.14. The number of methoxy groups -OCH3 is 1. The van der Waals surface area contributed by atoms with Gasteiger partial charge in [0.15, 0.2) is 0 Å². The lowest BCUT2D eigenvalue weighted by Gasteiger charge is -2.39. The van der Waals surface area contributed by atoms with Crippen molar-refractivity contribution < 1.29 is 14.3 Å². The molecule has 0 spiro atoms. The summed E-state index contributed by atoms with van der Waals surface area (Å²) in [4.78, 5) is 26.5. The minimum atomic E-state index is -0.379. The molecule has 2 aliphatic rings. The van der Waals surface area contributed by atoms with Crippen LogP contribution in [0.2, 0.25) is 0 Å². The molecule has 0 aromatic rings. The molecule has 5 nitrogen and oxygen atoms in total. The smallest absolute Gasteiger partial charge is 0.328 e. The maximum atomic E-state index is 12.9. The second kappa shape index (κ2) is 5.90. The lowest BCUT2D eigenvalue weighted by molar-refractivity contribution is -0.159. The lowest BCUT2D eigenvalue weighted by Crippen LogP contribution is -2.54. The minimum Gasteiger partial charge on any atom is -0.467 e. The van der Waals surface area contributed by atoms with Crippen molar-refractivity contribution in [3.63, 3.8) is 0 Å². The molecule has 0 saturated carbocycles. The quantitative estimate of drug-likeness (QED) is 0.774. The molecular weight excluding hydrogens is 244 g/mol. The van der Waals surface area contributed by atoms with Crippen LogP contribution in [0.15, 0.2) is 0 Å². The third-order valence-corrected chi connectivity index (χ3v) is 4.61. The molecule has 0 aliphatic carbocycles. The van der Waals surface area contributed by atoms with Crippen molar-refractivity contribution >= 4 is 11.9 Å². The SMILES string of the molecule is CCC1(C(=O)N2CCCCC2C(=O)OC)CCNC1. The molecule has 0 radical (unpaired) electrons. The summed E-state index contributed by atoms with van der Waals surface area (Å²) in [6, 6.07) is -0.379. The van der Waals surface area contributed by atoms with Gasteiger partial charge in [-0.1, -0.05) is 6.92 Å². The van der Waals surface area contributed by atoms with E-state index in [0.717, 1.165) is 45.2 Å². The van der Waals surface area contributed by atoms with Gasteiger partial charge in [0.2, 0.25) is 5.91 Å². The predicted octanol–water partition coefficient (Wildman–Crippen LogP) is 0.930. The molecule has 19 heavy (non-hydrogen) atoms. The molecule has 5 heteroatoms. The Morgan fingerprint density at radius 2 is 2.21 bits per heavy atom. The number of amides is 1. The van der Waals surface area contributed by atoms with Gasteiger partial charge in [-0.15, -0.1) is 0 Å². The van der Waals surface area contributed by atoms with Crippen LogP contribution in [-0.2, 0) is 14.3 Å². The van der Waals surface area contributed by atoms with Crippen LogP contribution < -0.4 is 5.32 Å². The van der Waals surface area contributed by atoms with Crippen LogP contribution in [0.5, 0.6) is 0 Å². The van der Waals surface area contributed by atoms with E-state index in [4.69, 9.17) is 4.74 Å². The third-order valence-electron chi connectivity index (χ3n) is 4.61. The van der Waals surface area contributed by atoms with Crippen LogP contribution in [0.3, 0.4) is 0 Å². The first-order valence-corrected chi connectivity index (χ1v) is 7.24. The van der Waals surface area contributed by atoms with Crippen molar-refractivity contribution in [2.75, 3.05) is 26.7 Å². The van der Waals surface area contributed by atoms with Gasteiger partial charge in [-0.05, 0) is 38.6 Å². The molecule has 1 amide bonds. The molecule has 2 heterocycles. The fourth-order valence-electron chi connectivity index (χ4n) is 3.24. The molecule has 0 bridgehead atoms. The highest BCUT2D eigenvalue weighted by atomic mass is 16.5. The van der Waals surface area contributed by atoms with Gasteiger partial charge < -0.3 is 15.0 Å². The van der Waals surface area contributed by atoms with Crippen molar-refractivity contribution in [1.29, 1.82) is 0 Å². The van der Waals surface area contributed by atoms with Crippen LogP contribution in [0.25, 0.3) is 0 Å². The van der Waals surface area contributed by atoms with Crippen molar-refractivity contribution in [1.82, 2.24) is 10.2 Å². The molecule has 2 unspecified atom stereocenters. The molecule has 108 valence electrons. The molecule has 2 fully saturated rings. The van der Waals surface area contributed by atoms with E-state index in [1.807, 2.05) is 0 Å². The summed E-state index contributed by atoms with van der Waals surface area (Å²) in [5.74, 6) is -0.139. The Morgan fingerprint density at radius 1 is 1.42 bits per heavy atom. The van der Waals surface area contributed by atoms with E-state index < -0.39 is 0 Å². The van der Waals surface area contributed by atoms with Crippen molar-refractivity contribution in [3.8, 4) is 0 Å². The predicted molar refractivity (Wildman–Crippen MR) is 71.6 cm³/mol. The van der Waals surface area contributed by atoms with Crippen molar-refractivity contribution in [2.45, 2.75) is 45.1 Å². The second-order valence-electron chi connectivity index (χ2n) is 5.59. The van der Waals surface area contributed by atoms with E-state index in [9.17, 15) is 9.59 Å². The van der Waals surface area contributed by atoms with E-state index in [-0.39, 0.29) is 23.3 Å². The van der Waals surface area contributed by atoms with Gasteiger partial charge >= 0.3 is 5.97 Å². The molecule has 2 atom stereocenters. The molecule has 2 saturated heterocycles. The summed E-state index contributed by atoms with van der Waals surface area (Å²) < 4.78 is 4.85. The minimum absolute atomic E-state index is 0.134. The zero-order valence-corrected chi connectivity index (χ0v) is 11.9. The summed E-state index contributed by atoms with van der Waals surface area (Å²) in [5, 5.41) is 3.28. The van der Waals surface area contributed by atoms with E-state index in [2.05, 4.69) is 12.2 Å². The number of carbonyl (C=O) groups is 2. The molecule has 0 aromatic heterocycles. The third kappa shape index (κ3) is 2.61. The van der Waals surface area contributed by atoms with Crippen LogP contribution in [0.4, 0.5) is 0 Å². The summed E-state index contributed by atoms with van der Waals surface area (Å²) >= 11 is 0. The fourth-order valence-corrected chi connectivity index (χ4v) is 3.24. The van der Waals surface area contributed by atoms with E-state index in [0.29, 0.717) is 6.54 Å². The lowest BCUT2D eigenvalue weighted by atomic mass is 9.81. The van der Waals surface area contributed by atoms with Gasteiger partial charge in [0.1, 0.15) is 6.04 Å². The van der Waals surface area contributed by atoms with Crippen LogP contribution in [0, 0.1) is 5.41 Å². The monoisotopic (exact) mass is 268 g/mol. The highest BCUT2D eigenvalue weighted by molar-refractivity contribution is 5.88. The second-order valence-corrected chi connectivity index (χ2v) is 5.59. The number of piperidine rings is 1. The van der Waals surface area contributed by atoms with Gasteiger partial charge in [-0.2, -0.15) is 0 Å². The number of nitrogens with one attached hydrogen (secondary N) is 1. The average Bonchev–Trinajstić information content (AvgIpc) is 2.95. The van der Waals surface area contributed by atoms with Gasteiger partial charge in [0, 0.05) is 13.1 Å². The first kappa shape index (κ1) is 14.3. The summed E-state index contributed by atoms with van der Waals surface area (Å²) in [7, 11) is 1.40. The number of nitrogens with zero attached hydrogens (tertiary/aromatic N) is 1. The highest BCUT2D eigenvalue weighted by Crippen LogP contribution is 2.34. The highest BCUT2D eigenvalue weighted by Gasteiger charge is 2.45. The Labute approximate surface area is 114 Å². The van der Waals surface area contributed by atoms with Gasteiger partial charge in [0.25, 0.3) is 0 Å². The van der Waals surface area contributed by atoms with Crippen molar-refractivity contribution in [2.24, 2.45) is 5.41 Å². The van der Waals surface area contributed by atoms with E-state index >= 15 is 0 Å². The zero-order valence-electron chi connectivity index (χ0n) is 11.9. The maximum absolute atomic E-state index is 12.9. The Kier molecular flexibility index (Phi) is 4.45.